The monoisotopic (exact) mass is 248 g/mol. The summed E-state index contributed by atoms with van der Waals surface area (Å²) in [5.41, 5.74) is 0.489. The molecule has 0 aromatic heterocycles. The Morgan fingerprint density at radius 2 is 2.28 bits per heavy atom. The van der Waals surface area contributed by atoms with Gasteiger partial charge in [-0.05, 0) is 56.3 Å². The minimum Gasteiger partial charge on any atom is -0.462 e. The number of allylic oxidation sites excluding steroid dienone is 2. The van der Waals surface area contributed by atoms with Crippen LogP contribution in [0.4, 0.5) is 0 Å². The minimum absolute atomic E-state index is 0.256. The van der Waals surface area contributed by atoms with E-state index in [1.807, 2.05) is 0 Å². The fourth-order valence-corrected chi connectivity index (χ4v) is 3.56. The van der Waals surface area contributed by atoms with Gasteiger partial charge in [-0.2, -0.15) is 0 Å². The first-order valence-corrected chi connectivity index (χ1v) is 7.09. The number of carbonyl (C=O) groups is 1. The zero-order chi connectivity index (χ0) is 13.1. The van der Waals surface area contributed by atoms with Crippen molar-refractivity contribution in [1.29, 1.82) is 0 Å². The third kappa shape index (κ3) is 2.85. The molecule has 1 fully saturated rings. The van der Waals surface area contributed by atoms with Gasteiger partial charge in [-0.15, -0.1) is 0 Å². The van der Waals surface area contributed by atoms with Crippen molar-refractivity contribution in [2.24, 2.45) is 23.7 Å². The van der Waals surface area contributed by atoms with E-state index in [4.69, 9.17) is 4.74 Å². The zero-order valence-electron chi connectivity index (χ0n) is 11.5. The van der Waals surface area contributed by atoms with Gasteiger partial charge < -0.3 is 4.74 Å². The van der Waals surface area contributed by atoms with Crippen LogP contribution in [0.15, 0.2) is 24.3 Å². The van der Waals surface area contributed by atoms with E-state index in [9.17, 15) is 4.79 Å². The molecule has 2 aliphatic rings. The van der Waals surface area contributed by atoms with Crippen LogP contribution in [-0.2, 0) is 9.53 Å². The standard InChI is InChI=1S/C16H24O2/c1-11(2)16(17)18-9-5-6-13-10-12(3)14-7-4-8-15(13)14/h4,8,12-15H,1,5-7,9-10H2,2-3H3. The van der Waals surface area contributed by atoms with Gasteiger partial charge in [0.15, 0.2) is 0 Å². The van der Waals surface area contributed by atoms with E-state index < -0.39 is 0 Å². The van der Waals surface area contributed by atoms with Crippen LogP contribution in [0.5, 0.6) is 0 Å². The summed E-state index contributed by atoms with van der Waals surface area (Å²) in [6, 6.07) is 0. The highest BCUT2D eigenvalue weighted by Crippen LogP contribution is 2.48. The lowest BCUT2D eigenvalue weighted by molar-refractivity contribution is -0.139. The van der Waals surface area contributed by atoms with E-state index in [1.54, 1.807) is 6.92 Å². The number of hydrogen-bond acceptors (Lipinski definition) is 2. The number of hydrogen-bond donors (Lipinski definition) is 0. The van der Waals surface area contributed by atoms with Crippen LogP contribution in [-0.4, -0.2) is 12.6 Å². The zero-order valence-corrected chi connectivity index (χ0v) is 11.5. The van der Waals surface area contributed by atoms with Crippen molar-refractivity contribution in [3.8, 4) is 0 Å². The summed E-state index contributed by atoms with van der Waals surface area (Å²) >= 11 is 0. The first-order chi connectivity index (χ1) is 8.59. The number of fused-ring (bicyclic) bond motifs is 1. The Labute approximate surface area is 110 Å². The molecule has 2 heteroatoms. The highest BCUT2D eigenvalue weighted by atomic mass is 16.5. The Morgan fingerprint density at radius 1 is 1.50 bits per heavy atom. The van der Waals surface area contributed by atoms with Crippen molar-refractivity contribution in [2.75, 3.05) is 6.61 Å². The predicted molar refractivity (Wildman–Crippen MR) is 73.0 cm³/mol. The molecular weight excluding hydrogens is 224 g/mol. The highest BCUT2D eigenvalue weighted by molar-refractivity contribution is 5.86. The lowest BCUT2D eigenvalue weighted by Gasteiger charge is -2.17. The number of esters is 1. The molecule has 0 amide bonds. The van der Waals surface area contributed by atoms with E-state index in [0.717, 1.165) is 30.1 Å². The van der Waals surface area contributed by atoms with Crippen molar-refractivity contribution >= 4 is 5.97 Å². The molecule has 18 heavy (non-hydrogen) atoms. The smallest absolute Gasteiger partial charge is 0.333 e. The fourth-order valence-electron chi connectivity index (χ4n) is 3.56. The van der Waals surface area contributed by atoms with Gasteiger partial charge in [-0.3, -0.25) is 0 Å². The summed E-state index contributed by atoms with van der Waals surface area (Å²) in [7, 11) is 0. The predicted octanol–water partition coefficient (Wildman–Crippen LogP) is 3.73. The maximum absolute atomic E-state index is 11.2. The summed E-state index contributed by atoms with van der Waals surface area (Å²) in [4.78, 5) is 11.2. The van der Waals surface area contributed by atoms with Crippen LogP contribution in [0.1, 0.15) is 39.5 Å². The van der Waals surface area contributed by atoms with Gasteiger partial charge in [0.1, 0.15) is 0 Å². The molecule has 0 aromatic carbocycles. The van der Waals surface area contributed by atoms with Crippen molar-refractivity contribution in [3.63, 3.8) is 0 Å². The number of rotatable bonds is 5. The van der Waals surface area contributed by atoms with Crippen molar-refractivity contribution in [3.05, 3.63) is 24.3 Å². The van der Waals surface area contributed by atoms with Gasteiger partial charge in [-0.1, -0.05) is 25.7 Å². The minimum atomic E-state index is -0.256. The lowest BCUT2D eigenvalue weighted by atomic mass is 9.88. The maximum atomic E-state index is 11.2. The molecule has 4 atom stereocenters. The maximum Gasteiger partial charge on any atom is 0.333 e. The summed E-state index contributed by atoms with van der Waals surface area (Å²) in [6.07, 6.45) is 9.53. The summed E-state index contributed by atoms with van der Waals surface area (Å²) in [5, 5.41) is 0. The quantitative estimate of drug-likeness (QED) is 0.321. The van der Waals surface area contributed by atoms with Gasteiger partial charge in [0.2, 0.25) is 0 Å². The van der Waals surface area contributed by atoms with Crippen LogP contribution in [0, 0.1) is 23.7 Å². The molecule has 0 saturated heterocycles. The average Bonchev–Trinajstić information content (AvgIpc) is 2.89. The molecule has 4 unspecified atom stereocenters. The van der Waals surface area contributed by atoms with Gasteiger partial charge >= 0.3 is 5.97 Å². The molecule has 1 saturated carbocycles. The summed E-state index contributed by atoms with van der Waals surface area (Å²) in [5.74, 6) is 3.07. The fraction of sp³-hybridized carbons (Fsp3) is 0.688. The third-order valence-corrected chi connectivity index (χ3v) is 4.51. The normalized spacial score (nSPS) is 33.4. The van der Waals surface area contributed by atoms with Crippen molar-refractivity contribution in [1.82, 2.24) is 0 Å². The molecule has 0 aliphatic heterocycles. The Kier molecular flexibility index (Phi) is 4.26. The topological polar surface area (TPSA) is 26.3 Å². The van der Waals surface area contributed by atoms with Gasteiger partial charge in [0, 0.05) is 5.57 Å². The van der Waals surface area contributed by atoms with Gasteiger partial charge in [0.05, 0.1) is 6.61 Å². The Balaban J connectivity index is 1.70. The van der Waals surface area contributed by atoms with Crippen molar-refractivity contribution < 1.29 is 9.53 Å². The highest BCUT2D eigenvalue weighted by Gasteiger charge is 2.40. The SMILES string of the molecule is C=C(C)C(=O)OCCCC1CC(C)C2CC=CC12. The lowest BCUT2D eigenvalue weighted by Crippen LogP contribution is -2.12. The second-order valence-electron chi connectivity index (χ2n) is 5.94. The van der Waals surface area contributed by atoms with Gasteiger partial charge in [0.25, 0.3) is 0 Å². The van der Waals surface area contributed by atoms with Crippen LogP contribution in [0.2, 0.25) is 0 Å². The molecule has 0 aromatic rings. The molecule has 0 radical (unpaired) electrons. The molecule has 0 spiro atoms. The van der Waals surface area contributed by atoms with Gasteiger partial charge in [-0.25, -0.2) is 4.79 Å². The molecule has 0 bridgehead atoms. The molecule has 2 rings (SSSR count). The Bertz CT molecular complexity index is 356. The van der Waals surface area contributed by atoms with E-state index in [2.05, 4.69) is 25.7 Å². The first-order valence-electron chi connectivity index (χ1n) is 7.09. The second kappa shape index (κ2) is 5.73. The van der Waals surface area contributed by atoms with E-state index >= 15 is 0 Å². The molecule has 0 heterocycles. The Hall–Kier alpha value is -1.05. The van der Waals surface area contributed by atoms with Crippen molar-refractivity contribution in [2.45, 2.75) is 39.5 Å². The molecule has 2 nitrogen and oxygen atoms in total. The van der Waals surface area contributed by atoms with E-state index in [0.29, 0.717) is 12.2 Å². The average molecular weight is 248 g/mol. The Morgan fingerprint density at radius 3 is 3.00 bits per heavy atom. The van der Waals surface area contributed by atoms with E-state index in [1.165, 1.54) is 19.3 Å². The van der Waals surface area contributed by atoms with Crippen LogP contribution < -0.4 is 0 Å². The second-order valence-corrected chi connectivity index (χ2v) is 5.94. The number of carbonyl (C=O) groups excluding carboxylic acids is 1. The van der Waals surface area contributed by atoms with E-state index in [-0.39, 0.29) is 5.97 Å². The molecule has 0 N–H and O–H groups in total. The summed E-state index contributed by atoms with van der Waals surface area (Å²) < 4.78 is 5.14. The first kappa shape index (κ1) is 13.4. The largest absolute Gasteiger partial charge is 0.462 e. The van der Waals surface area contributed by atoms with Crippen LogP contribution in [0.3, 0.4) is 0 Å². The van der Waals surface area contributed by atoms with Crippen LogP contribution >= 0.6 is 0 Å². The third-order valence-electron chi connectivity index (χ3n) is 4.51. The van der Waals surface area contributed by atoms with Crippen LogP contribution in [0.25, 0.3) is 0 Å². The number of ether oxygens (including phenoxy) is 1. The molecule has 2 aliphatic carbocycles. The molecular formula is C16H24O2. The summed E-state index contributed by atoms with van der Waals surface area (Å²) in [6.45, 7) is 8.19. The molecule has 100 valence electrons.